The van der Waals surface area contributed by atoms with E-state index < -0.39 is 33.7 Å². The van der Waals surface area contributed by atoms with E-state index in [0.29, 0.717) is 16.7 Å². The Morgan fingerprint density at radius 2 is 1.78 bits per heavy atom. The van der Waals surface area contributed by atoms with Crippen molar-refractivity contribution in [2.24, 2.45) is 0 Å². The number of hydrogen-bond acceptors (Lipinski definition) is 6. The van der Waals surface area contributed by atoms with E-state index in [2.05, 4.69) is 9.71 Å². The summed E-state index contributed by atoms with van der Waals surface area (Å²) in [6.07, 6.45) is -3.18. The molecular formula is C28H22F3N3O5S2. The SMILES string of the molecule is O=C(C(NS(=O)(=O)c1ccc2[nH]c(=O)ccc2c1)c1ccc(C(F)(F)F)cc1)N(Cc1ccco1)Cc1cccs1. The molecule has 1 atom stereocenters. The molecule has 2 N–H and O–H groups in total. The summed E-state index contributed by atoms with van der Waals surface area (Å²) in [5.41, 5.74) is -0.869. The minimum absolute atomic E-state index is 0.00800. The number of fused-ring (bicyclic) bond motifs is 1. The first-order valence-electron chi connectivity index (χ1n) is 12.2. The van der Waals surface area contributed by atoms with Gasteiger partial charge in [-0.2, -0.15) is 17.9 Å². The average Bonchev–Trinajstić information content (AvgIpc) is 3.65. The van der Waals surface area contributed by atoms with Crippen LogP contribution in [0.3, 0.4) is 0 Å². The van der Waals surface area contributed by atoms with E-state index in [-0.39, 0.29) is 29.1 Å². The molecule has 0 fully saturated rings. The van der Waals surface area contributed by atoms with Crippen LogP contribution in [0.2, 0.25) is 0 Å². The number of pyridine rings is 1. The van der Waals surface area contributed by atoms with Gasteiger partial charge in [0.1, 0.15) is 11.8 Å². The number of aromatic nitrogens is 1. The number of nitrogens with one attached hydrogen (secondary N) is 2. The molecule has 0 saturated heterocycles. The maximum absolute atomic E-state index is 14.0. The lowest BCUT2D eigenvalue weighted by molar-refractivity contribution is -0.137. The van der Waals surface area contributed by atoms with Crippen LogP contribution in [-0.2, 0) is 34.1 Å². The van der Waals surface area contributed by atoms with Gasteiger partial charge >= 0.3 is 6.18 Å². The molecule has 5 rings (SSSR count). The molecule has 0 saturated carbocycles. The standard InChI is InChI=1S/C28H22F3N3O5S2/c29-28(30,31)20-8-5-18(6-9-20)26(27(36)34(16-21-3-1-13-39-21)17-22-4-2-14-40-22)33-41(37,38)23-10-11-24-19(15-23)7-12-25(35)32-24/h1-15,26,33H,16-17H2,(H,32,35). The summed E-state index contributed by atoms with van der Waals surface area (Å²) in [6, 6.07) is 15.8. The second-order valence-electron chi connectivity index (χ2n) is 9.10. The Balaban J connectivity index is 1.54. The Bertz CT molecular complexity index is 1780. The van der Waals surface area contributed by atoms with Gasteiger partial charge in [-0.1, -0.05) is 18.2 Å². The van der Waals surface area contributed by atoms with Gasteiger partial charge in [-0.05, 0) is 70.9 Å². The molecule has 3 heterocycles. The van der Waals surface area contributed by atoms with E-state index in [1.807, 2.05) is 11.4 Å². The number of sulfonamides is 1. The summed E-state index contributed by atoms with van der Waals surface area (Å²) < 4.78 is 74.7. The summed E-state index contributed by atoms with van der Waals surface area (Å²) in [5, 5.41) is 2.26. The van der Waals surface area contributed by atoms with E-state index in [1.165, 1.54) is 52.8 Å². The molecule has 5 aromatic rings. The number of thiophene rings is 1. The van der Waals surface area contributed by atoms with Gasteiger partial charge in [-0.15, -0.1) is 11.3 Å². The number of carbonyl (C=O) groups excluding carboxylic acids is 1. The Kier molecular flexibility index (Phi) is 7.84. The summed E-state index contributed by atoms with van der Waals surface area (Å²) in [7, 11) is -4.38. The van der Waals surface area contributed by atoms with Crippen molar-refractivity contribution in [2.75, 3.05) is 0 Å². The highest BCUT2D eigenvalue weighted by Gasteiger charge is 2.34. The molecule has 8 nitrogen and oxygen atoms in total. The molecule has 0 radical (unpaired) electrons. The number of furan rings is 1. The zero-order chi connectivity index (χ0) is 29.2. The molecule has 1 unspecified atom stereocenters. The maximum atomic E-state index is 14.0. The van der Waals surface area contributed by atoms with Crippen LogP contribution < -0.4 is 10.3 Å². The summed E-state index contributed by atoms with van der Waals surface area (Å²) in [5.74, 6) is -0.254. The highest BCUT2D eigenvalue weighted by Crippen LogP contribution is 2.31. The lowest BCUT2D eigenvalue weighted by Gasteiger charge is -2.27. The van der Waals surface area contributed by atoms with Crippen LogP contribution in [0, 0.1) is 0 Å². The quantitative estimate of drug-likeness (QED) is 0.233. The minimum Gasteiger partial charge on any atom is -0.467 e. The first-order chi connectivity index (χ1) is 19.5. The average molecular weight is 602 g/mol. The van der Waals surface area contributed by atoms with Gasteiger partial charge < -0.3 is 14.3 Å². The lowest BCUT2D eigenvalue weighted by atomic mass is 10.0. The summed E-state index contributed by atoms with van der Waals surface area (Å²) in [6.45, 7) is 0.103. The van der Waals surface area contributed by atoms with Crippen molar-refractivity contribution < 1.29 is 30.8 Å². The summed E-state index contributed by atoms with van der Waals surface area (Å²) in [4.78, 5) is 30.2. The number of H-pyrrole nitrogens is 1. The first kappa shape index (κ1) is 28.3. The topological polar surface area (TPSA) is 112 Å². The molecule has 41 heavy (non-hydrogen) atoms. The number of hydrogen-bond donors (Lipinski definition) is 2. The number of aromatic amines is 1. The number of carbonyl (C=O) groups is 1. The molecule has 0 aliphatic heterocycles. The van der Waals surface area contributed by atoms with Gasteiger partial charge in [0.25, 0.3) is 0 Å². The molecule has 1 amide bonds. The summed E-state index contributed by atoms with van der Waals surface area (Å²) >= 11 is 1.39. The Hall–Kier alpha value is -4.20. The zero-order valence-corrected chi connectivity index (χ0v) is 22.7. The highest BCUT2D eigenvalue weighted by atomic mass is 32.2. The van der Waals surface area contributed by atoms with Crippen molar-refractivity contribution >= 4 is 38.2 Å². The number of alkyl halides is 3. The van der Waals surface area contributed by atoms with Crippen molar-refractivity contribution in [3.8, 4) is 0 Å². The predicted molar refractivity (Wildman–Crippen MR) is 146 cm³/mol. The second-order valence-corrected chi connectivity index (χ2v) is 11.8. The van der Waals surface area contributed by atoms with E-state index in [0.717, 1.165) is 29.1 Å². The molecule has 2 aromatic carbocycles. The van der Waals surface area contributed by atoms with Gasteiger partial charge in [0.15, 0.2) is 0 Å². The fourth-order valence-corrected chi connectivity index (χ4v) is 6.16. The number of halogens is 3. The van der Waals surface area contributed by atoms with E-state index in [9.17, 15) is 31.2 Å². The Morgan fingerprint density at radius 3 is 2.44 bits per heavy atom. The highest BCUT2D eigenvalue weighted by molar-refractivity contribution is 7.89. The van der Waals surface area contributed by atoms with E-state index >= 15 is 0 Å². The molecule has 0 bridgehead atoms. The van der Waals surface area contributed by atoms with Crippen molar-refractivity contribution in [1.82, 2.24) is 14.6 Å². The molecule has 3 aromatic heterocycles. The van der Waals surface area contributed by atoms with Gasteiger partial charge in [0.2, 0.25) is 21.5 Å². The van der Waals surface area contributed by atoms with E-state index in [1.54, 1.807) is 18.2 Å². The first-order valence-corrected chi connectivity index (χ1v) is 14.5. The van der Waals surface area contributed by atoms with Crippen LogP contribution in [0.15, 0.2) is 105 Å². The van der Waals surface area contributed by atoms with Crippen LogP contribution in [0.5, 0.6) is 0 Å². The Morgan fingerprint density at radius 1 is 1.00 bits per heavy atom. The smallest absolute Gasteiger partial charge is 0.416 e. The zero-order valence-electron chi connectivity index (χ0n) is 21.1. The van der Waals surface area contributed by atoms with Crippen LogP contribution in [0.4, 0.5) is 13.2 Å². The third-order valence-electron chi connectivity index (χ3n) is 6.26. The lowest BCUT2D eigenvalue weighted by Crippen LogP contribution is -2.42. The van der Waals surface area contributed by atoms with Crippen LogP contribution in [0.1, 0.15) is 27.8 Å². The van der Waals surface area contributed by atoms with Gasteiger partial charge in [0, 0.05) is 16.5 Å². The molecule has 0 aliphatic rings. The third-order valence-corrected chi connectivity index (χ3v) is 8.54. The van der Waals surface area contributed by atoms with E-state index in [4.69, 9.17) is 4.42 Å². The number of benzene rings is 2. The largest absolute Gasteiger partial charge is 0.467 e. The fourth-order valence-electron chi connectivity index (χ4n) is 4.22. The third kappa shape index (κ3) is 6.59. The Labute approximate surface area is 236 Å². The normalized spacial score (nSPS) is 12.9. The van der Waals surface area contributed by atoms with Crippen molar-refractivity contribution in [3.63, 3.8) is 0 Å². The maximum Gasteiger partial charge on any atom is 0.416 e. The number of rotatable bonds is 9. The second kappa shape index (κ2) is 11.4. The minimum atomic E-state index is -4.62. The fraction of sp³-hybridized carbons (Fsp3) is 0.143. The molecule has 13 heteroatoms. The molecule has 0 aliphatic carbocycles. The molecular weight excluding hydrogens is 579 g/mol. The van der Waals surface area contributed by atoms with Crippen molar-refractivity contribution in [3.05, 3.63) is 123 Å². The van der Waals surface area contributed by atoms with Gasteiger partial charge in [0.05, 0.1) is 29.8 Å². The predicted octanol–water partition coefficient (Wildman–Crippen LogP) is 5.45. The van der Waals surface area contributed by atoms with Crippen molar-refractivity contribution in [1.29, 1.82) is 0 Å². The van der Waals surface area contributed by atoms with Crippen LogP contribution in [-0.4, -0.2) is 24.2 Å². The number of nitrogens with zero attached hydrogens (tertiary/aromatic N) is 1. The molecule has 212 valence electrons. The monoisotopic (exact) mass is 601 g/mol. The van der Waals surface area contributed by atoms with Gasteiger partial charge in [-0.25, -0.2) is 8.42 Å². The van der Waals surface area contributed by atoms with Crippen molar-refractivity contribution in [2.45, 2.75) is 30.2 Å². The van der Waals surface area contributed by atoms with Gasteiger partial charge in [-0.3, -0.25) is 9.59 Å². The molecule has 0 spiro atoms. The van der Waals surface area contributed by atoms with Crippen LogP contribution >= 0.6 is 11.3 Å². The van der Waals surface area contributed by atoms with Crippen LogP contribution in [0.25, 0.3) is 10.9 Å². The number of amides is 1.